The van der Waals surface area contributed by atoms with E-state index in [-0.39, 0.29) is 12.5 Å². The molecule has 1 saturated carbocycles. The van der Waals surface area contributed by atoms with E-state index in [1.807, 2.05) is 18.3 Å². The lowest BCUT2D eigenvalue weighted by Crippen LogP contribution is -2.28. The Kier molecular flexibility index (Phi) is 3.82. The quantitative estimate of drug-likeness (QED) is 0.689. The van der Waals surface area contributed by atoms with Gasteiger partial charge in [0.1, 0.15) is 0 Å². The van der Waals surface area contributed by atoms with Crippen LogP contribution in [-0.4, -0.2) is 29.7 Å². The van der Waals surface area contributed by atoms with Crippen molar-refractivity contribution in [2.45, 2.75) is 25.4 Å². The van der Waals surface area contributed by atoms with Gasteiger partial charge in [0.05, 0.1) is 18.3 Å². The maximum absolute atomic E-state index is 10.6. The number of amides is 1. The first-order valence-corrected chi connectivity index (χ1v) is 5.71. The number of carbonyl (C=O) groups excluding carboxylic acids is 1. The van der Waals surface area contributed by atoms with Gasteiger partial charge in [-0.15, -0.1) is 0 Å². The minimum Gasteiger partial charge on any atom is -0.369 e. The van der Waals surface area contributed by atoms with Gasteiger partial charge in [0, 0.05) is 19.0 Å². The van der Waals surface area contributed by atoms with Crippen LogP contribution in [0.1, 0.15) is 24.1 Å². The van der Waals surface area contributed by atoms with E-state index in [0.29, 0.717) is 12.6 Å². The van der Waals surface area contributed by atoms with Gasteiger partial charge >= 0.3 is 0 Å². The van der Waals surface area contributed by atoms with E-state index in [2.05, 4.69) is 15.3 Å². The van der Waals surface area contributed by atoms with Crippen molar-refractivity contribution in [1.29, 1.82) is 0 Å². The summed E-state index contributed by atoms with van der Waals surface area (Å²) < 4.78 is 0. The van der Waals surface area contributed by atoms with Crippen molar-refractivity contribution in [3.63, 3.8) is 0 Å². The molecule has 0 atom stereocenters. The van der Waals surface area contributed by atoms with E-state index >= 15 is 0 Å². The molecule has 5 heteroatoms. The topological polar surface area (TPSA) is 80.4 Å². The van der Waals surface area contributed by atoms with Crippen molar-refractivity contribution in [2.75, 3.05) is 6.54 Å². The molecule has 3 N–H and O–H groups in total. The molecule has 1 aromatic rings. The Balaban J connectivity index is 1.88. The fourth-order valence-electron chi connectivity index (χ4n) is 1.40. The number of nitrogens with one attached hydrogen (secondary N) is 1. The molecule has 2 rings (SSSR count). The molecule has 1 amide bonds. The number of nitrogens with two attached hydrogens (primary N) is 1. The zero-order valence-electron chi connectivity index (χ0n) is 9.60. The zero-order chi connectivity index (χ0) is 12.1. The van der Waals surface area contributed by atoms with Gasteiger partial charge in [-0.05, 0) is 30.5 Å². The third kappa shape index (κ3) is 4.32. The molecular weight excluding hydrogens is 216 g/mol. The van der Waals surface area contributed by atoms with Crippen LogP contribution < -0.4 is 11.1 Å². The molecule has 1 aliphatic carbocycles. The van der Waals surface area contributed by atoms with Crippen LogP contribution in [-0.2, 0) is 11.3 Å². The summed E-state index contributed by atoms with van der Waals surface area (Å²) in [4.78, 5) is 19.2. The predicted octanol–water partition coefficient (Wildman–Crippen LogP) is 0.238. The number of hydrogen-bond acceptors (Lipinski definition) is 4. The van der Waals surface area contributed by atoms with Gasteiger partial charge in [-0.1, -0.05) is 0 Å². The molecule has 1 fully saturated rings. The van der Waals surface area contributed by atoms with Gasteiger partial charge in [0.2, 0.25) is 5.91 Å². The number of aliphatic imine (C=N–C) groups is 1. The van der Waals surface area contributed by atoms with E-state index in [1.54, 1.807) is 6.20 Å². The Labute approximate surface area is 100 Å². The summed E-state index contributed by atoms with van der Waals surface area (Å²) in [7, 11) is 0. The Morgan fingerprint density at radius 3 is 3.18 bits per heavy atom. The fourth-order valence-corrected chi connectivity index (χ4v) is 1.40. The highest BCUT2D eigenvalue weighted by Gasteiger charge is 2.18. The molecule has 0 saturated heterocycles. The van der Waals surface area contributed by atoms with Crippen LogP contribution >= 0.6 is 0 Å². The van der Waals surface area contributed by atoms with Crippen LogP contribution in [0, 0.1) is 0 Å². The van der Waals surface area contributed by atoms with Crippen molar-refractivity contribution >= 4 is 12.1 Å². The lowest BCUT2D eigenvalue weighted by Gasteiger charge is -2.02. The minimum atomic E-state index is -0.364. The highest BCUT2D eigenvalue weighted by molar-refractivity contribution is 5.79. The van der Waals surface area contributed by atoms with E-state index in [0.717, 1.165) is 11.3 Å². The van der Waals surface area contributed by atoms with Crippen molar-refractivity contribution < 1.29 is 4.79 Å². The van der Waals surface area contributed by atoms with Gasteiger partial charge in [0.15, 0.2) is 0 Å². The smallest absolute Gasteiger partial charge is 0.231 e. The van der Waals surface area contributed by atoms with E-state index in [1.165, 1.54) is 12.8 Å². The van der Waals surface area contributed by atoms with Gasteiger partial charge in [-0.2, -0.15) is 0 Å². The largest absolute Gasteiger partial charge is 0.369 e. The average molecular weight is 232 g/mol. The van der Waals surface area contributed by atoms with E-state index < -0.39 is 0 Å². The first-order valence-electron chi connectivity index (χ1n) is 5.71. The summed E-state index contributed by atoms with van der Waals surface area (Å²) in [5, 5.41) is 2.92. The second-order valence-electron chi connectivity index (χ2n) is 4.16. The summed E-state index contributed by atoms with van der Waals surface area (Å²) >= 11 is 0. The lowest BCUT2D eigenvalue weighted by molar-refractivity contribution is -0.117. The number of rotatable bonds is 6. The summed E-state index contributed by atoms with van der Waals surface area (Å²) in [6.45, 7) is 0.704. The second-order valence-corrected chi connectivity index (χ2v) is 4.16. The number of aromatic nitrogens is 1. The highest BCUT2D eigenvalue weighted by atomic mass is 16.1. The van der Waals surface area contributed by atoms with Gasteiger partial charge < -0.3 is 11.1 Å². The fraction of sp³-hybridized carbons (Fsp3) is 0.417. The summed E-state index contributed by atoms with van der Waals surface area (Å²) in [5.74, 6) is -0.364. The van der Waals surface area contributed by atoms with Gasteiger partial charge in [-0.25, -0.2) is 0 Å². The summed E-state index contributed by atoms with van der Waals surface area (Å²) in [5.41, 5.74) is 6.96. The first-order chi connectivity index (χ1) is 8.24. The number of hydrogen-bond donors (Lipinski definition) is 2. The first kappa shape index (κ1) is 11.7. The van der Waals surface area contributed by atoms with Crippen LogP contribution in [0.5, 0.6) is 0 Å². The van der Waals surface area contributed by atoms with Crippen LogP contribution in [0.2, 0.25) is 0 Å². The standard InChI is InChI=1S/C12H16N4O/c13-12(17)8-14-7-11-5-9(3-4-15-11)6-16-10-1-2-10/h3-6,10,14H,1-2,7-8H2,(H2,13,17). The molecule has 0 aliphatic heterocycles. The highest BCUT2D eigenvalue weighted by Crippen LogP contribution is 2.23. The Morgan fingerprint density at radius 1 is 1.65 bits per heavy atom. The molecule has 17 heavy (non-hydrogen) atoms. The predicted molar refractivity (Wildman–Crippen MR) is 65.8 cm³/mol. The molecule has 1 aromatic heterocycles. The maximum atomic E-state index is 10.6. The van der Waals surface area contributed by atoms with Crippen LogP contribution in [0.25, 0.3) is 0 Å². The molecule has 1 heterocycles. The van der Waals surface area contributed by atoms with Crippen molar-refractivity contribution in [3.8, 4) is 0 Å². The Morgan fingerprint density at radius 2 is 2.47 bits per heavy atom. The SMILES string of the molecule is NC(=O)CNCc1cc(C=NC2CC2)ccn1. The van der Waals surface area contributed by atoms with Crippen LogP contribution in [0.4, 0.5) is 0 Å². The van der Waals surface area contributed by atoms with Gasteiger partial charge in [-0.3, -0.25) is 14.8 Å². The molecule has 0 radical (unpaired) electrons. The number of nitrogens with zero attached hydrogens (tertiary/aromatic N) is 2. The second kappa shape index (κ2) is 5.54. The summed E-state index contributed by atoms with van der Waals surface area (Å²) in [6.07, 6.45) is 6.04. The Hall–Kier alpha value is -1.75. The van der Waals surface area contributed by atoms with Crippen LogP contribution in [0.15, 0.2) is 23.3 Å². The number of primary amides is 1. The van der Waals surface area contributed by atoms with E-state index in [9.17, 15) is 4.79 Å². The molecule has 90 valence electrons. The third-order valence-electron chi connectivity index (χ3n) is 2.43. The van der Waals surface area contributed by atoms with Gasteiger partial charge in [0.25, 0.3) is 0 Å². The molecule has 0 spiro atoms. The number of carbonyl (C=O) groups is 1. The molecule has 0 aromatic carbocycles. The monoisotopic (exact) mass is 232 g/mol. The lowest BCUT2D eigenvalue weighted by atomic mass is 10.2. The molecule has 1 aliphatic rings. The van der Waals surface area contributed by atoms with Crippen molar-refractivity contribution in [2.24, 2.45) is 10.7 Å². The van der Waals surface area contributed by atoms with Crippen molar-refractivity contribution in [1.82, 2.24) is 10.3 Å². The molecule has 5 nitrogen and oxygen atoms in total. The normalized spacial score (nSPS) is 15.3. The zero-order valence-corrected chi connectivity index (χ0v) is 9.60. The third-order valence-corrected chi connectivity index (χ3v) is 2.43. The van der Waals surface area contributed by atoms with E-state index in [4.69, 9.17) is 5.73 Å². The molecular formula is C12H16N4O. The average Bonchev–Trinajstić information content (AvgIpc) is 3.10. The van der Waals surface area contributed by atoms with Crippen molar-refractivity contribution in [3.05, 3.63) is 29.6 Å². The molecule has 0 bridgehead atoms. The minimum absolute atomic E-state index is 0.169. The maximum Gasteiger partial charge on any atom is 0.231 e. The number of pyridine rings is 1. The Bertz CT molecular complexity index is 426. The molecule has 0 unspecified atom stereocenters. The summed E-state index contributed by atoms with van der Waals surface area (Å²) in [6, 6.07) is 4.41. The van der Waals surface area contributed by atoms with Crippen LogP contribution in [0.3, 0.4) is 0 Å².